The van der Waals surface area contributed by atoms with Gasteiger partial charge in [0.25, 0.3) is 5.91 Å². The summed E-state index contributed by atoms with van der Waals surface area (Å²) in [5, 5.41) is 30.5. The fraction of sp³-hybridized carbons (Fsp3) is 0.0769. The Morgan fingerprint density at radius 1 is 1.35 bits per heavy atom. The Hall–Kier alpha value is -2.56. The smallest absolute Gasteiger partial charge is 0.264 e. The maximum absolute atomic E-state index is 11.9. The van der Waals surface area contributed by atoms with Crippen molar-refractivity contribution in [2.45, 2.75) is 0 Å². The zero-order valence-corrected chi connectivity index (χ0v) is 10.9. The van der Waals surface area contributed by atoms with E-state index in [1.54, 1.807) is 0 Å². The van der Waals surface area contributed by atoms with Crippen molar-refractivity contribution in [2.75, 3.05) is 11.9 Å². The zero-order valence-electron chi connectivity index (χ0n) is 10.1. The van der Waals surface area contributed by atoms with Gasteiger partial charge in [0.2, 0.25) is 0 Å². The molecule has 0 fully saturated rings. The number of phenols is 2. The van der Waals surface area contributed by atoms with Crippen molar-refractivity contribution in [2.24, 2.45) is 0 Å². The molecular formula is C13H10N2O4S. The van der Waals surface area contributed by atoms with E-state index in [1.165, 1.54) is 24.4 Å². The second-order valence-corrected chi connectivity index (χ2v) is 4.65. The molecule has 0 aliphatic heterocycles. The van der Waals surface area contributed by atoms with E-state index >= 15 is 0 Å². The lowest BCUT2D eigenvalue weighted by Gasteiger charge is -2.05. The molecule has 0 saturated heterocycles. The van der Waals surface area contributed by atoms with Crippen LogP contribution in [0.5, 0.6) is 11.5 Å². The van der Waals surface area contributed by atoms with E-state index in [9.17, 15) is 15.0 Å². The topological polar surface area (TPSA) is 103 Å². The lowest BCUT2D eigenvalue weighted by atomic mass is 10.1. The van der Waals surface area contributed by atoms with Crippen LogP contribution in [-0.4, -0.2) is 32.8 Å². The lowest BCUT2D eigenvalue weighted by molar-refractivity contribution is 0.102. The van der Waals surface area contributed by atoms with Crippen LogP contribution in [0, 0.1) is 11.8 Å². The number of aliphatic hydroxyl groups is 1. The highest BCUT2D eigenvalue weighted by Gasteiger charge is 2.17. The maximum atomic E-state index is 11.9. The number of aliphatic hydroxyl groups excluding tert-OH is 1. The Balaban J connectivity index is 2.18. The van der Waals surface area contributed by atoms with Gasteiger partial charge in [0.05, 0.1) is 11.1 Å². The Labute approximate surface area is 118 Å². The number of hydrogen-bond donors (Lipinski definition) is 4. The van der Waals surface area contributed by atoms with Gasteiger partial charge in [-0.3, -0.25) is 10.1 Å². The minimum atomic E-state index is -0.670. The van der Waals surface area contributed by atoms with Gasteiger partial charge in [-0.25, -0.2) is 4.98 Å². The van der Waals surface area contributed by atoms with Crippen molar-refractivity contribution in [1.29, 1.82) is 0 Å². The van der Waals surface area contributed by atoms with Crippen LogP contribution in [0.4, 0.5) is 5.13 Å². The molecule has 2 rings (SSSR count). The molecule has 0 bridgehead atoms. The third-order valence-electron chi connectivity index (χ3n) is 2.26. The van der Waals surface area contributed by atoms with Crippen LogP contribution in [0.1, 0.15) is 15.2 Å². The minimum absolute atomic E-state index is 0.217. The molecule has 1 amide bonds. The van der Waals surface area contributed by atoms with Gasteiger partial charge in [-0.1, -0.05) is 29.2 Å². The highest BCUT2D eigenvalue weighted by molar-refractivity contribution is 7.16. The number of nitrogens with zero attached hydrogens (tertiary/aromatic N) is 1. The highest BCUT2D eigenvalue weighted by atomic mass is 32.1. The van der Waals surface area contributed by atoms with Crippen molar-refractivity contribution >= 4 is 22.4 Å². The zero-order chi connectivity index (χ0) is 14.5. The second kappa shape index (κ2) is 6.06. The monoisotopic (exact) mass is 290 g/mol. The largest absolute Gasteiger partial charge is 0.507 e. The predicted molar refractivity (Wildman–Crippen MR) is 73.8 cm³/mol. The first-order chi connectivity index (χ1) is 9.61. The van der Waals surface area contributed by atoms with E-state index in [0.717, 1.165) is 11.3 Å². The van der Waals surface area contributed by atoms with Gasteiger partial charge < -0.3 is 15.3 Å². The van der Waals surface area contributed by atoms with Crippen LogP contribution in [0.3, 0.4) is 0 Å². The molecule has 1 heterocycles. The van der Waals surface area contributed by atoms with Gasteiger partial charge in [0.15, 0.2) is 5.13 Å². The van der Waals surface area contributed by atoms with Gasteiger partial charge in [0.1, 0.15) is 23.7 Å². The summed E-state index contributed by atoms with van der Waals surface area (Å²) in [6.45, 7) is -0.259. The van der Waals surface area contributed by atoms with E-state index in [4.69, 9.17) is 5.11 Å². The Bertz CT molecular complexity index is 680. The maximum Gasteiger partial charge on any atom is 0.264 e. The molecule has 0 radical (unpaired) electrons. The number of thiazole rings is 1. The van der Waals surface area contributed by atoms with Crippen molar-refractivity contribution in [3.05, 3.63) is 34.8 Å². The number of aromatic hydroxyl groups is 2. The minimum Gasteiger partial charge on any atom is -0.507 e. The lowest BCUT2D eigenvalue weighted by Crippen LogP contribution is -2.12. The number of phenolic OH excluding ortho intramolecular Hbond substituents is 2. The molecule has 0 saturated carbocycles. The van der Waals surface area contributed by atoms with Crippen LogP contribution in [-0.2, 0) is 0 Å². The third-order valence-corrected chi connectivity index (χ3v) is 3.09. The average Bonchev–Trinajstić information content (AvgIpc) is 2.83. The number of benzene rings is 1. The molecule has 102 valence electrons. The first-order valence-corrected chi connectivity index (χ1v) is 6.31. The summed E-state index contributed by atoms with van der Waals surface area (Å²) in [7, 11) is 0. The van der Waals surface area contributed by atoms with Crippen LogP contribution in [0.15, 0.2) is 24.4 Å². The molecular weight excluding hydrogens is 280 g/mol. The molecule has 6 nitrogen and oxygen atoms in total. The van der Waals surface area contributed by atoms with E-state index in [1.807, 2.05) is 0 Å². The van der Waals surface area contributed by atoms with Crippen molar-refractivity contribution in [3.63, 3.8) is 0 Å². The van der Waals surface area contributed by atoms with Crippen LogP contribution in [0.25, 0.3) is 0 Å². The number of amides is 1. The van der Waals surface area contributed by atoms with Gasteiger partial charge in [0, 0.05) is 0 Å². The summed E-state index contributed by atoms with van der Waals surface area (Å²) in [5.41, 5.74) is -0.217. The molecule has 0 atom stereocenters. The van der Waals surface area contributed by atoms with Crippen LogP contribution in [0.2, 0.25) is 0 Å². The third kappa shape index (κ3) is 3.06. The molecule has 4 N–H and O–H groups in total. The molecule has 0 aliphatic carbocycles. The number of rotatable bonds is 2. The standard InChI is InChI=1S/C13H10N2O4S/c16-6-2-3-8-7-14-13(20-8)15-12(19)11-9(17)4-1-5-10(11)18/h1,4-5,7,16-18H,6H2,(H,14,15,19). The van der Waals surface area contributed by atoms with Gasteiger partial charge in [-0.2, -0.15) is 0 Å². The summed E-state index contributed by atoms with van der Waals surface area (Å²) in [6, 6.07) is 4.02. The Morgan fingerprint density at radius 2 is 2.05 bits per heavy atom. The summed E-state index contributed by atoms with van der Waals surface area (Å²) in [5.74, 6) is 3.81. The van der Waals surface area contributed by atoms with Crippen LogP contribution < -0.4 is 5.32 Å². The summed E-state index contributed by atoms with van der Waals surface area (Å²) in [6.07, 6.45) is 1.45. The molecule has 20 heavy (non-hydrogen) atoms. The second-order valence-electron chi connectivity index (χ2n) is 3.61. The molecule has 2 aromatic rings. The van der Waals surface area contributed by atoms with E-state index in [2.05, 4.69) is 22.1 Å². The Morgan fingerprint density at radius 3 is 2.70 bits per heavy atom. The highest BCUT2D eigenvalue weighted by Crippen LogP contribution is 2.27. The molecule has 1 aromatic carbocycles. The first-order valence-electron chi connectivity index (χ1n) is 5.49. The average molecular weight is 290 g/mol. The number of anilines is 1. The quantitative estimate of drug-likeness (QED) is 0.621. The van der Waals surface area contributed by atoms with Crippen molar-refractivity contribution in [3.8, 4) is 23.3 Å². The molecule has 7 heteroatoms. The molecule has 0 unspecified atom stereocenters. The fourth-order valence-electron chi connectivity index (χ4n) is 1.44. The van der Waals surface area contributed by atoms with Crippen molar-refractivity contribution in [1.82, 2.24) is 4.98 Å². The fourth-order valence-corrected chi connectivity index (χ4v) is 2.12. The number of aromatic nitrogens is 1. The van der Waals surface area contributed by atoms with E-state index in [-0.39, 0.29) is 28.8 Å². The van der Waals surface area contributed by atoms with E-state index < -0.39 is 5.91 Å². The van der Waals surface area contributed by atoms with Gasteiger partial charge >= 0.3 is 0 Å². The molecule has 1 aromatic heterocycles. The van der Waals surface area contributed by atoms with Gasteiger partial charge in [-0.05, 0) is 12.1 Å². The van der Waals surface area contributed by atoms with E-state index in [0.29, 0.717) is 4.88 Å². The number of hydrogen-bond acceptors (Lipinski definition) is 6. The number of carbonyl (C=O) groups is 1. The summed E-state index contributed by atoms with van der Waals surface area (Å²) < 4.78 is 0. The SMILES string of the molecule is O=C(Nc1ncc(C#CCO)s1)c1c(O)cccc1O. The van der Waals surface area contributed by atoms with Crippen LogP contribution >= 0.6 is 11.3 Å². The summed E-state index contributed by atoms with van der Waals surface area (Å²) >= 11 is 1.12. The predicted octanol–water partition coefficient (Wildman–Crippen LogP) is 1.15. The normalized spacial score (nSPS) is 9.65. The number of carbonyl (C=O) groups excluding carboxylic acids is 1. The van der Waals surface area contributed by atoms with Crippen molar-refractivity contribution < 1.29 is 20.1 Å². The number of nitrogens with one attached hydrogen (secondary N) is 1. The van der Waals surface area contributed by atoms with Gasteiger partial charge in [-0.15, -0.1) is 0 Å². The first kappa shape index (κ1) is 13.9. The molecule has 0 aliphatic rings. The summed E-state index contributed by atoms with van der Waals surface area (Å²) in [4.78, 5) is 16.5. The molecule has 0 spiro atoms. The Kier molecular flexibility index (Phi) is 4.20.